The Kier molecular flexibility index (Phi) is 4.41. The van der Waals surface area contributed by atoms with E-state index in [4.69, 9.17) is 4.74 Å². The van der Waals surface area contributed by atoms with Crippen LogP contribution in [0.1, 0.15) is 66.7 Å². The van der Waals surface area contributed by atoms with E-state index >= 15 is 0 Å². The van der Waals surface area contributed by atoms with Gasteiger partial charge in [-0.1, -0.05) is 13.8 Å². The lowest BCUT2D eigenvalue weighted by Crippen LogP contribution is -2.60. The minimum absolute atomic E-state index is 0.0988. The molecule has 10 atom stereocenters. The van der Waals surface area contributed by atoms with Gasteiger partial charge in [-0.05, 0) is 51.9 Å². The molecule has 0 saturated heterocycles. The smallest absolute Gasteiger partial charge is 0.302 e. The Balaban J connectivity index is 1.90. The second-order valence-electron chi connectivity index (χ2n) is 11.3. The molecule has 1 spiro atoms. The van der Waals surface area contributed by atoms with Crippen molar-refractivity contribution in [3.63, 3.8) is 0 Å². The molecule has 5 N–H and O–H groups in total. The van der Waals surface area contributed by atoms with Gasteiger partial charge in [0, 0.05) is 29.6 Å². The molecule has 4 aliphatic rings. The summed E-state index contributed by atoms with van der Waals surface area (Å²) >= 11 is 0. The van der Waals surface area contributed by atoms with E-state index in [0.29, 0.717) is 12.8 Å². The second-order valence-corrected chi connectivity index (χ2v) is 11.3. The summed E-state index contributed by atoms with van der Waals surface area (Å²) in [5.74, 6) is -1.86. The minimum Gasteiger partial charge on any atom is -0.462 e. The zero-order valence-corrected chi connectivity index (χ0v) is 18.1. The molecule has 4 saturated carbocycles. The third kappa shape index (κ3) is 2.45. The highest BCUT2D eigenvalue weighted by molar-refractivity contribution is 5.66. The molecule has 2 bridgehead atoms. The van der Waals surface area contributed by atoms with Crippen LogP contribution < -0.4 is 0 Å². The quantitative estimate of drug-likeness (QED) is 0.402. The summed E-state index contributed by atoms with van der Waals surface area (Å²) in [7, 11) is 0. The highest BCUT2D eigenvalue weighted by atomic mass is 16.5. The van der Waals surface area contributed by atoms with Crippen LogP contribution in [0, 0.1) is 28.6 Å². The van der Waals surface area contributed by atoms with Crippen LogP contribution in [0.15, 0.2) is 0 Å². The van der Waals surface area contributed by atoms with Gasteiger partial charge in [0.05, 0.1) is 23.4 Å². The van der Waals surface area contributed by atoms with Gasteiger partial charge in [-0.15, -0.1) is 0 Å². The number of carbonyl (C=O) groups excluding carboxylic acids is 1. The number of carbonyl (C=O) groups is 1. The molecule has 4 aliphatic carbocycles. The average Bonchev–Trinajstić information content (AvgIpc) is 2.80. The molecule has 0 aliphatic heterocycles. The van der Waals surface area contributed by atoms with Crippen molar-refractivity contribution in [1.29, 1.82) is 0 Å². The number of esters is 1. The molecular weight excluding hydrogens is 376 g/mol. The molecule has 4 fully saturated rings. The molecule has 0 radical (unpaired) electrons. The molecule has 0 aromatic carbocycles. The van der Waals surface area contributed by atoms with Crippen LogP contribution >= 0.6 is 0 Å². The summed E-state index contributed by atoms with van der Waals surface area (Å²) in [5, 5.41) is 57.0. The fraction of sp³-hybridized carbons (Fsp3) is 0.955. The van der Waals surface area contributed by atoms with Gasteiger partial charge in [-0.25, -0.2) is 0 Å². The number of rotatable bonds is 1. The van der Waals surface area contributed by atoms with Gasteiger partial charge in [0.2, 0.25) is 0 Å². The molecule has 29 heavy (non-hydrogen) atoms. The Morgan fingerprint density at radius 2 is 1.59 bits per heavy atom. The van der Waals surface area contributed by atoms with Crippen LogP contribution in [-0.2, 0) is 9.53 Å². The molecule has 7 nitrogen and oxygen atoms in total. The lowest BCUT2D eigenvalue weighted by molar-refractivity contribution is -0.202. The summed E-state index contributed by atoms with van der Waals surface area (Å²) in [6.07, 6.45) is -0.985. The van der Waals surface area contributed by atoms with E-state index in [1.165, 1.54) is 6.92 Å². The van der Waals surface area contributed by atoms with Gasteiger partial charge in [0.1, 0.15) is 11.7 Å². The lowest BCUT2D eigenvalue weighted by Gasteiger charge is -2.51. The average molecular weight is 413 g/mol. The molecule has 166 valence electrons. The van der Waals surface area contributed by atoms with Crippen LogP contribution in [0.5, 0.6) is 0 Å². The maximum Gasteiger partial charge on any atom is 0.302 e. The first-order valence-electron chi connectivity index (χ1n) is 10.8. The number of hydrogen-bond acceptors (Lipinski definition) is 7. The third-order valence-electron chi connectivity index (χ3n) is 9.52. The van der Waals surface area contributed by atoms with E-state index in [1.807, 2.05) is 0 Å². The van der Waals surface area contributed by atoms with Crippen molar-refractivity contribution in [2.45, 2.75) is 102 Å². The van der Waals surface area contributed by atoms with E-state index in [-0.39, 0.29) is 31.1 Å². The van der Waals surface area contributed by atoms with Crippen molar-refractivity contribution in [3.8, 4) is 0 Å². The maximum absolute atomic E-state index is 11.9. The van der Waals surface area contributed by atoms with Crippen molar-refractivity contribution in [3.05, 3.63) is 0 Å². The first-order chi connectivity index (χ1) is 13.1. The summed E-state index contributed by atoms with van der Waals surface area (Å²) in [6.45, 7) is 8.20. The molecule has 0 aromatic rings. The van der Waals surface area contributed by atoms with E-state index < -0.39 is 57.8 Å². The molecular formula is C22H36O7. The SMILES string of the molecule is CC(=O)O[C@@H]1[C@H]2CC[C@H]3[C@](C)(O)[C@H]4C[C@H](O)C(C)(C)[C@]4(O)[C@@H](O)C[C@]13C[C@@]2(C)O. The van der Waals surface area contributed by atoms with Crippen molar-refractivity contribution in [1.82, 2.24) is 0 Å². The van der Waals surface area contributed by atoms with Gasteiger partial charge in [0.15, 0.2) is 0 Å². The Morgan fingerprint density at radius 1 is 0.966 bits per heavy atom. The molecule has 7 heteroatoms. The van der Waals surface area contributed by atoms with E-state index in [2.05, 4.69) is 0 Å². The standard InChI is InChI=1S/C22H36O7/c1-11(23)29-17-12-6-7-13-20(5,27)14-8-15(24)18(2,3)22(14,28)16(25)9-21(13,17)10-19(12,4)26/h12-17,24-28H,6-10H2,1-5H3/t12-,13+,14-,15+,16+,17-,19-,20+,21-,22-/m1/s1. The second kappa shape index (κ2) is 5.94. The highest BCUT2D eigenvalue weighted by Crippen LogP contribution is 2.70. The van der Waals surface area contributed by atoms with Crippen molar-refractivity contribution in [2.24, 2.45) is 28.6 Å². The van der Waals surface area contributed by atoms with Gasteiger partial charge in [-0.3, -0.25) is 4.79 Å². The highest BCUT2D eigenvalue weighted by Gasteiger charge is 2.77. The summed E-state index contributed by atoms with van der Waals surface area (Å²) in [4.78, 5) is 11.9. The Hall–Kier alpha value is -0.730. The lowest BCUT2D eigenvalue weighted by atomic mass is 9.57. The van der Waals surface area contributed by atoms with E-state index in [0.717, 1.165) is 0 Å². The van der Waals surface area contributed by atoms with Crippen LogP contribution in [0.4, 0.5) is 0 Å². The van der Waals surface area contributed by atoms with Crippen LogP contribution in [0.25, 0.3) is 0 Å². The third-order valence-corrected chi connectivity index (χ3v) is 9.52. The van der Waals surface area contributed by atoms with Gasteiger partial charge in [-0.2, -0.15) is 0 Å². The molecule has 0 heterocycles. The van der Waals surface area contributed by atoms with Crippen LogP contribution in [0.3, 0.4) is 0 Å². The number of hydrogen-bond donors (Lipinski definition) is 5. The Morgan fingerprint density at radius 3 is 2.17 bits per heavy atom. The molecule has 0 amide bonds. The zero-order valence-electron chi connectivity index (χ0n) is 18.1. The van der Waals surface area contributed by atoms with Gasteiger partial charge < -0.3 is 30.3 Å². The van der Waals surface area contributed by atoms with E-state index in [1.54, 1.807) is 27.7 Å². The van der Waals surface area contributed by atoms with Gasteiger partial charge in [0.25, 0.3) is 0 Å². The number of aliphatic hydroxyl groups excluding tert-OH is 2. The first-order valence-corrected chi connectivity index (χ1v) is 10.8. The number of aliphatic hydroxyl groups is 5. The zero-order chi connectivity index (χ0) is 21.8. The summed E-state index contributed by atoms with van der Waals surface area (Å²) < 4.78 is 5.75. The van der Waals surface area contributed by atoms with Crippen LogP contribution in [0.2, 0.25) is 0 Å². The molecule has 0 aromatic heterocycles. The molecule has 4 rings (SSSR count). The Bertz CT molecular complexity index is 716. The topological polar surface area (TPSA) is 127 Å². The first kappa shape index (κ1) is 21.5. The maximum atomic E-state index is 11.9. The van der Waals surface area contributed by atoms with E-state index in [9.17, 15) is 30.3 Å². The summed E-state index contributed by atoms with van der Waals surface area (Å²) in [6, 6.07) is 0. The number of fused-ring (bicyclic) bond motifs is 2. The predicted octanol–water partition coefficient (Wildman–Crippen LogP) is 0.739. The number of ether oxygens (including phenoxy) is 1. The largest absolute Gasteiger partial charge is 0.462 e. The van der Waals surface area contributed by atoms with Crippen molar-refractivity contribution < 1.29 is 35.1 Å². The normalized spacial score (nSPS) is 58.3. The van der Waals surface area contributed by atoms with Crippen LogP contribution in [-0.4, -0.2) is 66.6 Å². The van der Waals surface area contributed by atoms with Gasteiger partial charge >= 0.3 is 5.97 Å². The monoisotopic (exact) mass is 412 g/mol. The predicted molar refractivity (Wildman–Crippen MR) is 104 cm³/mol. The Labute approximate surface area is 172 Å². The fourth-order valence-electron chi connectivity index (χ4n) is 8.14. The van der Waals surface area contributed by atoms with Crippen molar-refractivity contribution >= 4 is 5.97 Å². The van der Waals surface area contributed by atoms with Crippen molar-refractivity contribution in [2.75, 3.05) is 0 Å². The minimum atomic E-state index is -1.70. The fourth-order valence-corrected chi connectivity index (χ4v) is 8.14. The summed E-state index contributed by atoms with van der Waals surface area (Å²) in [5.41, 5.74) is -6.08. The molecule has 0 unspecified atom stereocenters.